The summed E-state index contributed by atoms with van der Waals surface area (Å²) < 4.78 is 5.50. The predicted octanol–water partition coefficient (Wildman–Crippen LogP) is 2.51. The van der Waals surface area contributed by atoms with Crippen molar-refractivity contribution in [3.8, 4) is 5.75 Å². The second-order valence-corrected chi connectivity index (χ2v) is 3.66. The van der Waals surface area contributed by atoms with Crippen LogP contribution in [0.2, 0.25) is 10.0 Å². The van der Waals surface area contributed by atoms with Crippen LogP contribution in [0.25, 0.3) is 0 Å². The molecule has 69 valence electrons. The maximum absolute atomic E-state index is 5.90. The van der Waals surface area contributed by atoms with E-state index in [2.05, 4.69) is 5.32 Å². The van der Waals surface area contributed by atoms with E-state index in [1.165, 1.54) is 0 Å². The van der Waals surface area contributed by atoms with E-state index >= 15 is 0 Å². The Labute approximate surface area is 86.8 Å². The molecule has 1 aliphatic heterocycles. The van der Waals surface area contributed by atoms with Gasteiger partial charge in [-0.2, -0.15) is 0 Å². The molecule has 0 atom stereocenters. The molecule has 0 bridgehead atoms. The quantitative estimate of drug-likeness (QED) is 0.821. The Hall–Kier alpha value is -0.440. The molecule has 2 nitrogen and oxygen atoms in total. The van der Waals surface area contributed by atoms with Gasteiger partial charge in [-0.3, -0.25) is 0 Å². The summed E-state index contributed by atoms with van der Waals surface area (Å²) in [7, 11) is 0. The number of halogens is 2. The van der Waals surface area contributed by atoms with Crippen LogP contribution >= 0.6 is 23.2 Å². The molecule has 0 aliphatic carbocycles. The van der Waals surface area contributed by atoms with Gasteiger partial charge in [-0.25, -0.2) is 0 Å². The van der Waals surface area contributed by atoms with Gasteiger partial charge in [0, 0.05) is 24.2 Å². The molecule has 0 spiro atoms. The fourth-order valence-corrected chi connectivity index (χ4v) is 1.33. The van der Waals surface area contributed by atoms with Crippen LogP contribution in [0.5, 0.6) is 5.75 Å². The Morgan fingerprint density at radius 1 is 1.23 bits per heavy atom. The summed E-state index contributed by atoms with van der Waals surface area (Å²) in [6.07, 6.45) is 0.990. The van der Waals surface area contributed by atoms with Gasteiger partial charge in [-0.05, 0) is 12.1 Å². The maximum atomic E-state index is 5.90. The van der Waals surface area contributed by atoms with E-state index in [-0.39, 0.29) is 0 Å². The summed E-state index contributed by atoms with van der Waals surface area (Å²) in [6.45, 7) is 1.59. The molecule has 1 aromatic rings. The van der Waals surface area contributed by atoms with Crippen molar-refractivity contribution in [1.29, 1.82) is 0 Å². The van der Waals surface area contributed by atoms with Crippen LogP contribution in [-0.2, 0) is 0 Å². The largest absolute Gasteiger partial charge is 0.479 e. The molecular weight excluding hydrogens is 209 g/mol. The average Bonchev–Trinajstić information content (AvgIpc) is 2.03. The molecule has 4 heteroatoms. The van der Waals surface area contributed by atoms with Gasteiger partial charge in [0.05, 0.1) is 5.02 Å². The zero-order valence-electron chi connectivity index (χ0n) is 6.81. The van der Waals surface area contributed by atoms with Crippen molar-refractivity contribution < 1.29 is 4.74 Å². The molecule has 13 heavy (non-hydrogen) atoms. The molecule has 1 radical (unpaired) electrons. The minimum absolute atomic E-state index is 0.587. The summed E-state index contributed by atoms with van der Waals surface area (Å²) in [6, 6.07) is 5.18. The second-order valence-electron chi connectivity index (χ2n) is 2.82. The number of nitrogens with one attached hydrogen (secondary N) is 1. The molecule has 1 N–H and O–H groups in total. The maximum Gasteiger partial charge on any atom is 0.175 e. The van der Waals surface area contributed by atoms with Crippen molar-refractivity contribution >= 4 is 23.2 Å². The summed E-state index contributed by atoms with van der Waals surface area (Å²) in [4.78, 5) is 0. The molecule has 0 saturated carbocycles. The minimum Gasteiger partial charge on any atom is -0.479 e. The highest BCUT2D eigenvalue weighted by Gasteiger charge is 2.21. The predicted molar refractivity (Wildman–Crippen MR) is 53.2 cm³/mol. The highest BCUT2D eigenvalue weighted by Crippen LogP contribution is 2.30. The molecule has 1 saturated heterocycles. The van der Waals surface area contributed by atoms with Gasteiger partial charge in [0.1, 0.15) is 5.75 Å². The highest BCUT2D eigenvalue weighted by atomic mass is 35.5. The number of hydrogen-bond donors (Lipinski definition) is 1. The van der Waals surface area contributed by atoms with Crippen molar-refractivity contribution in [2.75, 3.05) is 13.1 Å². The van der Waals surface area contributed by atoms with Gasteiger partial charge >= 0.3 is 0 Å². The van der Waals surface area contributed by atoms with Crippen LogP contribution in [-0.4, -0.2) is 13.1 Å². The van der Waals surface area contributed by atoms with Crippen LogP contribution in [0.15, 0.2) is 18.2 Å². The molecule has 1 fully saturated rings. The summed E-state index contributed by atoms with van der Waals surface area (Å²) in [5.41, 5.74) is 0. The SMILES string of the molecule is Clc1ccc(Cl)c(O[C]2CNC2)c1. The van der Waals surface area contributed by atoms with Gasteiger partial charge in [-0.15, -0.1) is 0 Å². The molecule has 0 aromatic heterocycles. The molecule has 2 rings (SSSR count). The number of ether oxygens (including phenoxy) is 1. The molecule has 1 heterocycles. The fraction of sp³-hybridized carbons (Fsp3) is 0.222. The molecule has 0 amide bonds. The summed E-state index contributed by atoms with van der Waals surface area (Å²) in [5, 5.41) is 4.30. The van der Waals surface area contributed by atoms with Crippen LogP contribution in [0, 0.1) is 6.10 Å². The van der Waals surface area contributed by atoms with Gasteiger partial charge < -0.3 is 10.1 Å². The van der Waals surface area contributed by atoms with E-state index in [0.29, 0.717) is 15.8 Å². The van der Waals surface area contributed by atoms with E-state index in [0.717, 1.165) is 19.2 Å². The summed E-state index contributed by atoms with van der Waals surface area (Å²) in [5.74, 6) is 0.630. The topological polar surface area (TPSA) is 21.3 Å². The number of benzene rings is 1. The lowest BCUT2D eigenvalue weighted by Gasteiger charge is -2.26. The third kappa shape index (κ3) is 2.08. The second kappa shape index (κ2) is 3.74. The highest BCUT2D eigenvalue weighted by molar-refractivity contribution is 6.34. The lowest BCUT2D eigenvalue weighted by Crippen LogP contribution is -2.43. The lowest BCUT2D eigenvalue weighted by molar-refractivity contribution is 0.250. The minimum atomic E-state index is 0.587. The van der Waals surface area contributed by atoms with Crippen LogP contribution in [0.1, 0.15) is 0 Å². The normalized spacial score (nSPS) is 16.8. The first-order valence-electron chi connectivity index (χ1n) is 3.94. The van der Waals surface area contributed by atoms with E-state index in [4.69, 9.17) is 27.9 Å². The fourth-order valence-electron chi connectivity index (χ4n) is 1.01. The Morgan fingerprint density at radius 3 is 2.62 bits per heavy atom. The van der Waals surface area contributed by atoms with E-state index in [1.54, 1.807) is 18.2 Å². The van der Waals surface area contributed by atoms with Crippen molar-refractivity contribution in [3.63, 3.8) is 0 Å². The van der Waals surface area contributed by atoms with Crippen molar-refractivity contribution in [1.82, 2.24) is 5.32 Å². The molecule has 1 aliphatic rings. The van der Waals surface area contributed by atoms with Gasteiger partial charge in [0.2, 0.25) is 0 Å². The monoisotopic (exact) mass is 216 g/mol. The van der Waals surface area contributed by atoms with Crippen LogP contribution in [0.3, 0.4) is 0 Å². The molecular formula is C9H8Cl2NO. The third-order valence-electron chi connectivity index (χ3n) is 1.79. The van der Waals surface area contributed by atoms with Crippen molar-refractivity contribution in [2.45, 2.75) is 0 Å². The Balaban J connectivity index is 2.13. The number of rotatable bonds is 2. The average molecular weight is 217 g/mol. The molecule has 0 unspecified atom stereocenters. The standard InChI is InChI=1S/C9H8Cl2NO/c10-6-1-2-8(11)9(3-6)13-7-4-12-5-7/h1-3,12H,4-5H2. The first-order chi connectivity index (χ1) is 6.25. The first-order valence-corrected chi connectivity index (χ1v) is 4.69. The number of hydrogen-bond acceptors (Lipinski definition) is 2. The zero-order chi connectivity index (χ0) is 9.26. The third-order valence-corrected chi connectivity index (χ3v) is 2.34. The van der Waals surface area contributed by atoms with E-state index in [9.17, 15) is 0 Å². The Bertz CT molecular complexity index is 312. The van der Waals surface area contributed by atoms with Crippen molar-refractivity contribution in [2.24, 2.45) is 0 Å². The Kier molecular flexibility index (Phi) is 2.63. The summed E-state index contributed by atoms with van der Waals surface area (Å²) >= 11 is 11.7. The molecule has 1 aromatic carbocycles. The Morgan fingerprint density at radius 2 is 2.00 bits per heavy atom. The van der Waals surface area contributed by atoms with E-state index in [1.807, 2.05) is 0 Å². The van der Waals surface area contributed by atoms with Gasteiger partial charge in [-0.1, -0.05) is 23.2 Å². The van der Waals surface area contributed by atoms with Crippen molar-refractivity contribution in [3.05, 3.63) is 34.3 Å². The lowest BCUT2D eigenvalue weighted by atomic mass is 10.2. The van der Waals surface area contributed by atoms with Gasteiger partial charge in [0.15, 0.2) is 6.10 Å². The van der Waals surface area contributed by atoms with E-state index < -0.39 is 0 Å². The zero-order valence-corrected chi connectivity index (χ0v) is 8.32. The first kappa shape index (κ1) is 9.13. The van der Waals surface area contributed by atoms with Crippen LogP contribution in [0.4, 0.5) is 0 Å². The van der Waals surface area contributed by atoms with Gasteiger partial charge in [0.25, 0.3) is 0 Å². The smallest absolute Gasteiger partial charge is 0.175 e. The van der Waals surface area contributed by atoms with Crippen LogP contribution < -0.4 is 10.1 Å².